The smallest absolute Gasteiger partial charge is 0.251 e. The molecule has 112 valence electrons. The molecular formula is C18H24N2O. The van der Waals surface area contributed by atoms with Crippen LogP contribution in [0.15, 0.2) is 18.2 Å². The normalized spacial score (nSPS) is 14.1. The summed E-state index contributed by atoms with van der Waals surface area (Å²) in [5.74, 6) is 0.0544. The largest absolute Gasteiger partial charge is 0.358 e. The molecule has 1 aromatic heterocycles. The van der Waals surface area contributed by atoms with E-state index in [2.05, 4.69) is 29.4 Å². The van der Waals surface area contributed by atoms with E-state index in [4.69, 9.17) is 0 Å². The van der Waals surface area contributed by atoms with Gasteiger partial charge in [-0.25, -0.2) is 0 Å². The van der Waals surface area contributed by atoms with E-state index in [-0.39, 0.29) is 5.91 Å². The number of fused-ring (bicyclic) bond motifs is 3. The van der Waals surface area contributed by atoms with Crippen molar-refractivity contribution in [2.75, 3.05) is 6.54 Å². The minimum absolute atomic E-state index is 0.0544. The molecule has 1 heterocycles. The Balaban J connectivity index is 1.78. The van der Waals surface area contributed by atoms with Crippen LogP contribution in [-0.2, 0) is 12.8 Å². The fourth-order valence-electron chi connectivity index (χ4n) is 3.23. The van der Waals surface area contributed by atoms with Gasteiger partial charge < -0.3 is 10.3 Å². The summed E-state index contributed by atoms with van der Waals surface area (Å²) in [6, 6.07) is 6.04. The van der Waals surface area contributed by atoms with Gasteiger partial charge in [-0.2, -0.15) is 0 Å². The van der Waals surface area contributed by atoms with Crippen molar-refractivity contribution < 1.29 is 4.79 Å². The van der Waals surface area contributed by atoms with Crippen LogP contribution < -0.4 is 5.32 Å². The van der Waals surface area contributed by atoms with Crippen LogP contribution >= 0.6 is 0 Å². The summed E-state index contributed by atoms with van der Waals surface area (Å²) in [5, 5.41) is 4.26. The lowest BCUT2D eigenvalue weighted by molar-refractivity contribution is 0.0953. The Kier molecular flexibility index (Phi) is 4.28. The Morgan fingerprint density at radius 2 is 2.10 bits per heavy atom. The number of aromatic amines is 1. The summed E-state index contributed by atoms with van der Waals surface area (Å²) in [4.78, 5) is 15.7. The highest BCUT2D eigenvalue weighted by Gasteiger charge is 2.16. The van der Waals surface area contributed by atoms with Gasteiger partial charge >= 0.3 is 0 Å². The first-order chi connectivity index (χ1) is 10.3. The van der Waals surface area contributed by atoms with E-state index >= 15 is 0 Å². The van der Waals surface area contributed by atoms with Gasteiger partial charge in [-0.3, -0.25) is 4.79 Å². The monoisotopic (exact) mass is 284 g/mol. The van der Waals surface area contributed by atoms with Crippen molar-refractivity contribution in [1.29, 1.82) is 0 Å². The number of carbonyl (C=O) groups is 1. The van der Waals surface area contributed by atoms with Crippen LogP contribution in [0.3, 0.4) is 0 Å². The maximum absolute atomic E-state index is 12.2. The van der Waals surface area contributed by atoms with Gasteiger partial charge in [0.25, 0.3) is 5.91 Å². The van der Waals surface area contributed by atoms with Crippen LogP contribution in [-0.4, -0.2) is 17.4 Å². The van der Waals surface area contributed by atoms with Crippen LogP contribution in [0.1, 0.15) is 60.6 Å². The molecule has 0 aliphatic heterocycles. The molecule has 3 nitrogen and oxygen atoms in total. The van der Waals surface area contributed by atoms with Crippen molar-refractivity contribution in [2.24, 2.45) is 0 Å². The van der Waals surface area contributed by atoms with Gasteiger partial charge in [-0.05, 0) is 55.9 Å². The molecule has 1 amide bonds. The number of hydrogen-bond donors (Lipinski definition) is 2. The average molecular weight is 284 g/mol. The molecule has 3 rings (SSSR count). The zero-order valence-corrected chi connectivity index (χ0v) is 12.8. The second-order valence-electron chi connectivity index (χ2n) is 6.01. The van der Waals surface area contributed by atoms with Gasteiger partial charge in [0.2, 0.25) is 0 Å². The predicted octanol–water partition coefficient (Wildman–Crippen LogP) is 3.97. The second kappa shape index (κ2) is 6.33. The van der Waals surface area contributed by atoms with E-state index in [9.17, 15) is 4.79 Å². The number of nitrogens with one attached hydrogen (secondary N) is 2. The van der Waals surface area contributed by atoms with Crippen LogP contribution in [0.25, 0.3) is 10.9 Å². The molecule has 21 heavy (non-hydrogen) atoms. The quantitative estimate of drug-likeness (QED) is 0.802. The number of hydrogen-bond acceptors (Lipinski definition) is 1. The molecule has 2 aromatic rings. The summed E-state index contributed by atoms with van der Waals surface area (Å²) < 4.78 is 0. The molecule has 0 fully saturated rings. The number of carbonyl (C=O) groups excluding carboxylic acids is 1. The third-order valence-corrected chi connectivity index (χ3v) is 4.43. The second-order valence-corrected chi connectivity index (χ2v) is 6.01. The number of benzene rings is 1. The van der Waals surface area contributed by atoms with Crippen molar-refractivity contribution in [2.45, 2.75) is 51.9 Å². The lowest BCUT2D eigenvalue weighted by Gasteiger charge is -2.10. The Morgan fingerprint density at radius 1 is 1.24 bits per heavy atom. The SMILES string of the molecule is CCCCCNC(=O)c1ccc2[nH]c3c(c2c1)CCCC3. The molecule has 1 aromatic carbocycles. The van der Waals surface area contributed by atoms with Gasteiger partial charge in [0.1, 0.15) is 0 Å². The summed E-state index contributed by atoms with van der Waals surface area (Å²) in [6.07, 6.45) is 8.21. The molecule has 1 aliphatic rings. The molecule has 3 heteroatoms. The van der Waals surface area contributed by atoms with E-state index in [0.29, 0.717) is 0 Å². The number of amides is 1. The van der Waals surface area contributed by atoms with Crippen LogP contribution in [0, 0.1) is 0 Å². The van der Waals surface area contributed by atoms with Crippen molar-refractivity contribution in [3.63, 3.8) is 0 Å². The first-order valence-corrected chi connectivity index (χ1v) is 8.21. The summed E-state index contributed by atoms with van der Waals surface area (Å²) in [7, 11) is 0. The van der Waals surface area contributed by atoms with Crippen LogP contribution in [0.5, 0.6) is 0 Å². The van der Waals surface area contributed by atoms with E-state index in [0.717, 1.165) is 31.4 Å². The molecule has 0 unspecified atom stereocenters. The standard InChI is InChI=1S/C18H24N2O/c1-2-3-6-11-19-18(21)13-9-10-17-15(12-13)14-7-4-5-8-16(14)20-17/h9-10,12,20H,2-8,11H2,1H3,(H,19,21). The van der Waals surface area contributed by atoms with E-state index in [1.54, 1.807) is 0 Å². The molecule has 0 bridgehead atoms. The van der Waals surface area contributed by atoms with E-state index in [1.807, 2.05) is 6.07 Å². The number of rotatable bonds is 5. The van der Waals surface area contributed by atoms with Gasteiger partial charge in [-0.15, -0.1) is 0 Å². The predicted molar refractivity (Wildman–Crippen MR) is 86.8 cm³/mol. The number of aromatic nitrogens is 1. The summed E-state index contributed by atoms with van der Waals surface area (Å²) in [5.41, 5.74) is 4.75. The van der Waals surface area contributed by atoms with Gasteiger partial charge in [0.15, 0.2) is 0 Å². The number of aryl methyl sites for hydroxylation is 2. The Labute approximate surface area is 126 Å². The lowest BCUT2D eigenvalue weighted by atomic mass is 9.95. The third kappa shape index (κ3) is 2.97. The first kappa shape index (κ1) is 14.2. The molecule has 0 radical (unpaired) electrons. The Bertz CT molecular complexity index is 642. The Hall–Kier alpha value is -1.77. The van der Waals surface area contributed by atoms with Gasteiger partial charge in [0, 0.05) is 28.7 Å². The number of H-pyrrole nitrogens is 1. The molecule has 0 spiro atoms. The van der Waals surface area contributed by atoms with E-state index in [1.165, 1.54) is 47.8 Å². The zero-order chi connectivity index (χ0) is 14.7. The highest BCUT2D eigenvalue weighted by molar-refractivity contribution is 5.99. The third-order valence-electron chi connectivity index (χ3n) is 4.43. The maximum atomic E-state index is 12.2. The molecule has 2 N–H and O–H groups in total. The fourth-order valence-corrected chi connectivity index (χ4v) is 3.23. The van der Waals surface area contributed by atoms with Crippen molar-refractivity contribution in [1.82, 2.24) is 10.3 Å². The minimum Gasteiger partial charge on any atom is -0.358 e. The zero-order valence-electron chi connectivity index (χ0n) is 12.8. The van der Waals surface area contributed by atoms with Crippen LogP contribution in [0.4, 0.5) is 0 Å². The first-order valence-electron chi connectivity index (χ1n) is 8.21. The fraction of sp³-hybridized carbons (Fsp3) is 0.500. The van der Waals surface area contributed by atoms with Gasteiger partial charge in [0.05, 0.1) is 0 Å². The number of unbranched alkanes of at least 4 members (excludes halogenated alkanes) is 2. The molecule has 0 saturated heterocycles. The molecule has 1 aliphatic carbocycles. The highest BCUT2D eigenvalue weighted by Crippen LogP contribution is 2.29. The highest BCUT2D eigenvalue weighted by atomic mass is 16.1. The molecule has 0 saturated carbocycles. The summed E-state index contributed by atoms with van der Waals surface area (Å²) >= 11 is 0. The maximum Gasteiger partial charge on any atom is 0.251 e. The van der Waals surface area contributed by atoms with Crippen LogP contribution in [0.2, 0.25) is 0 Å². The lowest BCUT2D eigenvalue weighted by Crippen LogP contribution is -2.24. The topological polar surface area (TPSA) is 44.9 Å². The molecule has 0 atom stereocenters. The Morgan fingerprint density at radius 3 is 2.95 bits per heavy atom. The van der Waals surface area contributed by atoms with Crippen molar-refractivity contribution in [3.8, 4) is 0 Å². The van der Waals surface area contributed by atoms with Crippen molar-refractivity contribution in [3.05, 3.63) is 35.0 Å². The molecular weight excluding hydrogens is 260 g/mol. The average Bonchev–Trinajstić information content (AvgIpc) is 2.89. The van der Waals surface area contributed by atoms with Gasteiger partial charge in [-0.1, -0.05) is 19.8 Å². The minimum atomic E-state index is 0.0544. The van der Waals surface area contributed by atoms with Crippen molar-refractivity contribution >= 4 is 16.8 Å². The summed E-state index contributed by atoms with van der Waals surface area (Å²) in [6.45, 7) is 2.95. The van der Waals surface area contributed by atoms with E-state index < -0.39 is 0 Å².